The first-order valence-electron chi connectivity index (χ1n) is 9.95. The Labute approximate surface area is 177 Å². The highest BCUT2D eigenvalue weighted by molar-refractivity contribution is 7.93. The minimum atomic E-state index is -4.11. The van der Waals surface area contributed by atoms with Crippen LogP contribution >= 0.6 is 0 Å². The molecule has 2 amide bonds. The summed E-state index contributed by atoms with van der Waals surface area (Å²) < 4.78 is 28.8. The third-order valence-electron chi connectivity index (χ3n) is 5.06. The molecule has 0 aromatic heterocycles. The Morgan fingerprint density at radius 1 is 1.13 bits per heavy atom. The maximum Gasteiger partial charge on any atom is 0.265 e. The van der Waals surface area contributed by atoms with Gasteiger partial charge in [0, 0.05) is 6.54 Å². The van der Waals surface area contributed by atoms with E-state index in [4.69, 9.17) is 0 Å². The second-order valence-corrected chi connectivity index (χ2v) is 9.36. The first-order chi connectivity index (χ1) is 14.2. The van der Waals surface area contributed by atoms with E-state index in [1.165, 1.54) is 0 Å². The molecule has 1 aliphatic heterocycles. The van der Waals surface area contributed by atoms with Gasteiger partial charge >= 0.3 is 0 Å². The SMILES string of the molecule is CCCNC(=O)CC1C(=O)Nc2ccccc2N1S(=O)(=O)c1c(C)cc(C)cc1C. The number of aryl methyl sites for hydroxylation is 3. The van der Waals surface area contributed by atoms with Gasteiger partial charge in [-0.3, -0.25) is 13.9 Å². The van der Waals surface area contributed by atoms with Crippen molar-refractivity contribution >= 4 is 33.2 Å². The number of sulfonamides is 1. The Kier molecular flexibility index (Phi) is 6.17. The average Bonchev–Trinajstić information content (AvgIpc) is 2.65. The van der Waals surface area contributed by atoms with Gasteiger partial charge in [-0.2, -0.15) is 0 Å². The van der Waals surface area contributed by atoms with Crippen LogP contribution < -0.4 is 14.9 Å². The van der Waals surface area contributed by atoms with Gasteiger partial charge < -0.3 is 10.6 Å². The number of amides is 2. The second-order valence-electron chi connectivity index (χ2n) is 7.60. The number of rotatable bonds is 6. The summed E-state index contributed by atoms with van der Waals surface area (Å²) in [6.45, 7) is 7.77. The maximum atomic E-state index is 13.9. The molecule has 1 heterocycles. The van der Waals surface area contributed by atoms with Gasteiger partial charge in [0.2, 0.25) is 11.8 Å². The van der Waals surface area contributed by atoms with E-state index in [-0.39, 0.29) is 17.2 Å². The smallest absolute Gasteiger partial charge is 0.265 e. The van der Waals surface area contributed by atoms with Gasteiger partial charge in [0.05, 0.1) is 22.7 Å². The normalized spacial score (nSPS) is 16.1. The van der Waals surface area contributed by atoms with Crippen molar-refractivity contribution in [1.29, 1.82) is 0 Å². The number of fused-ring (bicyclic) bond motifs is 1. The number of benzene rings is 2. The molecule has 2 N–H and O–H groups in total. The lowest BCUT2D eigenvalue weighted by Crippen LogP contribution is -2.53. The molecule has 0 fully saturated rings. The highest BCUT2D eigenvalue weighted by Gasteiger charge is 2.42. The van der Waals surface area contributed by atoms with Gasteiger partial charge in [0.1, 0.15) is 6.04 Å². The van der Waals surface area contributed by atoms with E-state index < -0.39 is 22.0 Å². The second kappa shape index (κ2) is 8.47. The Morgan fingerprint density at radius 2 is 1.77 bits per heavy atom. The maximum absolute atomic E-state index is 13.9. The van der Waals surface area contributed by atoms with Crippen LogP contribution in [-0.2, 0) is 19.6 Å². The van der Waals surface area contributed by atoms with Gasteiger partial charge in [-0.1, -0.05) is 36.8 Å². The number of para-hydroxylation sites is 2. The number of hydrogen-bond donors (Lipinski definition) is 2. The summed E-state index contributed by atoms with van der Waals surface area (Å²) in [6, 6.07) is 9.15. The van der Waals surface area contributed by atoms with Gasteiger partial charge in [-0.15, -0.1) is 0 Å². The van der Waals surface area contributed by atoms with Crippen molar-refractivity contribution in [2.45, 2.75) is 51.5 Å². The van der Waals surface area contributed by atoms with Crippen LogP contribution in [-0.4, -0.2) is 32.8 Å². The summed E-state index contributed by atoms with van der Waals surface area (Å²) >= 11 is 0. The topological polar surface area (TPSA) is 95.6 Å². The lowest BCUT2D eigenvalue weighted by Gasteiger charge is -2.37. The molecule has 0 bridgehead atoms. The largest absolute Gasteiger partial charge is 0.356 e. The van der Waals surface area contributed by atoms with Gasteiger partial charge in [0.25, 0.3) is 10.0 Å². The first-order valence-corrected chi connectivity index (χ1v) is 11.4. The number of nitrogens with zero attached hydrogens (tertiary/aromatic N) is 1. The molecular weight excluding hydrogens is 402 g/mol. The molecule has 1 aliphatic rings. The Hall–Kier alpha value is -2.87. The van der Waals surface area contributed by atoms with E-state index in [1.807, 2.05) is 13.8 Å². The van der Waals surface area contributed by atoms with Crippen molar-refractivity contribution in [1.82, 2.24) is 5.32 Å². The molecular formula is C22H27N3O4S. The summed E-state index contributed by atoms with van der Waals surface area (Å²) in [5, 5.41) is 5.46. The van der Waals surface area contributed by atoms with E-state index in [9.17, 15) is 18.0 Å². The molecule has 2 aromatic rings. The average molecular weight is 430 g/mol. The van der Waals surface area contributed by atoms with Gasteiger partial charge in [0.15, 0.2) is 0 Å². The molecule has 0 saturated carbocycles. The number of carbonyl (C=O) groups is 2. The molecule has 2 aromatic carbocycles. The fourth-order valence-corrected chi connectivity index (χ4v) is 5.97. The van der Waals surface area contributed by atoms with Crippen molar-refractivity contribution in [2.75, 3.05) is 16.2 Å². The van der Waals surface area contributed by atoms with Crippen LogP contribution in [0.15, 0.2) is 41.3 Å². The monoisotopic (exact) mass is 429 g/mol. The molecule has 0 radical (unpaired) electrons. The van der Waals surface area contributed by atoms with Crippen LogP contribution in [0, 0.1) is 20.8 Å². The summed E-state index contributed by atoms with van der Waals surface area (Å²) in [7, 11) is -4.11. The molecule has 160 valence electrons. The molecule has 0 saturated heterocycles. The standard InChI is InChI=1S/C22H27N3O4S/c1-5-10-23-20(26)13-19-22(27)24-17-8-6-7-9-18(17)25(19)30(28,29)21-15(3)11-14(2)12-16(21)4/h6-9,11-12,19H,5,10,13H2,1-4H3,(H,23,26)(H,24,27). The number of nitrogens with one attached hydrogen (secondary N) is 2. The van der Waals surface area contributed by atoms with Crippen molar-refractivity contribution < 1.29 is 18.0 Å². The first kappa shape index (κ1) is 21.8. The van der Waals surface area contributed by atoms with Gasteiger partial charge in [-0.05, 0) is 50.5 Å². The van der Waals surface area contributed by atoms with Crippen molar-refractivity contribution in [3.05, 3.63) is 53.1 Å². The van der Waals surface area contributed by atoms with Crippen LogP contribution in [0.3, 0.4) is 0 Å². The van der Waals surface area contributed by atoms with Crippen LogP contribution in [0.25, 0.3) is 0 Å². The predicted molar refractivity (Wildman–Crippen MR) is 117 cm³/mol. The van der Waals surface area contributed by atoms with E-state index in [0.29, 0.717) is 29.0 Å². The minimum absolute atomic E-state index is 0.163. The van der Waals surface area contributed by atoms with Crippen LogP contribution in [0.5, 0.6) is 0 Å². The van der Waals surface area contributed by atoms with E-state index in [0.717, 1.165) is 16.3 Å². The van der Waals surface area contributed by atoms with E-state index >= 15 is 0 Å². The Morgan fingerprint density at radius 3 is 2.40 bits per heavy atom. The fourth-order valence-electron chi connectivity index (χ4n) is 3.92. The summed E-state index contributed by atoms with van der Waals surface area (Å²) in [5.41, 5.74) is 2.91. The Bertz CT molecular complexity index is 1070. The van der Waals surface area contributed by atoms with Crippen molar-refractivity contribution in [3.8, 4) is 0 Å². The number of hydrogen-bond acceptors (Lipinski definition) is 4. The zero-order valence-corrected chi connectivity index (χ0v) is 18.5. The molecule has 0 spiro atoms. The van der Waals surface area contributed by atoms with Crippen LogP contribution in [0.1, 0.15) is 36.5 Å². The molecule has 7 nitrogen and oxygen atoms in total. The van der Waals surface area contributed by atoms with Crippen LogP contribution in [0.2, 0.25) is 0 Å². The summed E-state index contributed by atoms with van der Waals surface area (Å²) in [6.07, 6.45) is 0.485. The molecule has 1 atom stereocenters. The zero-order chi connectivity index (χ0) is 22.1. The van der Waals surface area contributed by atoms with Crippen molar-refractivity contribution in [2.24, 2.45) is 0 Å². The van der Waals surface area contributed by atoms with Crippen molar-refractivity contribution in [3.63, 3.8) is 0 Å². The molecule has 0 aliphatic carbocycles. The highest BCUT2D eigenvalue weighted by atomic mass is 32.2. The summed E-state index contributed by atoms with van der Waals surface area (Å²) in [4.78, 5) is 25.4. The number of carbonyl (C=O) groups excluding carboxylic acids is 2. The third kappa shape index (κ3) is 4.05. The Balaban J connectivity index is 2.15. The zero-order valence-electron chi connectivity index (χ0n) is 17.7. The molecule has 8 heteroatoms. The van der Waals surface area contributed by atoms with E-state index in [2.05, 4.69) is 10.6 Å². The molecule has 30 heavy (non-hydrogen) atoms. The van der Waals surface area contributed by atoms with E-state index in [1.54, 1.807) is 50.2 Å². The highest BCUT2D eigenvalue weighted by Crippen LogP contribution is 2.38. The fraction of sp³-hybridized carbons (Fsp3) is 0.364. The minimum Gasteiger partial charge on any atom is -0.356 e. The third-order valence-corrected chi connectivity index (χ3v) is 7.19. The van der Waals surface area contributed by atoms with Crippen LogP contribution in [0.4, 0.5) is 11.4 Å². The molecule has 3 rings (SSSR count). The van der Waals surface area contributed by atoms with Gasteiger partial charge in [-0.25, -0.2) is 8.42 Å². The predicted octanol–water partition coefficient (Wildman–Crippen LogP) is 3.04. The number of anilines is 2. The lowest BCUT2D eigenvalue weighted by molar-refractivity contribution is -0.125. The molecule has 1 unspecified atom stereocenters. The summed E-state index contributed by atoms with van der Waals surface area (Å²) in [5.74, 6) is -0.889. The quantitative estimate of drug-likeness (QED) is 0.738. The lowest BCUT2D eigenvalue weighted by atomic mass is 10.1.